The molecule has 1 fully saturated rings. The van der Waals surface area contributed by atoms with Crippen molar-refractivity contribution < 1.29 is 0 Å². The van der Waals surface area contributed by atoms with Crippen molar-refractivity contribution >= 4 is 29.2 Å². The van der Waals surface area contributed by atoms with Crippen molar-refractivity contribution in [2.45, 2.75) is 23.8 Å². The molecule has 90 valence electrons. The van der Waals surface area contributed by atoms with E-state index in [4.69, 9.17) is 0 Å². The Labute approximate surface area is 111 Å². The van der Waals surface area contributed by atoms with Crippen molar-refractivity contribution in [3.63, 3.8) is 0 Å². The third-order valence-corrected chi connectivity index (χ3v) is 4.87. The highest BCUT2D eigenvalue weighted by molar-refractivity contribution is 7.99. The monoisotopic (exact) mass is 264 g/mol. The molecule has 4 heteroatoms. The van der Waals surface area contributed by atoms with Gasteiger partial charge >= 0.3 is 0 Å². The summed E-state index contributed by atoms with van der Waals surface area (Å²) >= 11 is 3.62. The van der Waals surface area contributed by atoms with E-state index in [0.29, 0.717) is 6.04 Å². The molecule has 2 nitrogen and oxygen atoms in total. The lowest BCUT2D eigenvalue weighted by Gasteiger charge is -2.24. The van der Waals surface area contributed by atoms with Crippen molar-refractivity contribution in [1.82, 2.24) is 0 Å². The number of thioether (sulfide) groups is 2. The molecule has 1 unspecified atom stereocenters. The van der Waals surface area contributed by atoms with Gasteiger partial charge in [-0.1, -0.05) is 6.07 Å². The molecule has 1 aromatic carbocycles. The Bertz CT molecular complexity index is 420. The van der Waals surface area contributed by atoms with E-state index < -0.39 is 0 Å². The SMILES string of the molecule is CSc1cccc(NC2CCCSC2)c1C#N. The fraction of sp³-hybridized carbons (Fsp3) is 0.462. The standard InChI is InChI=1S/C13H16N2S2/c1-16-13-6-2-5-12(11(13)8-14)15-10-4-3-7-17-9-10/h2,5-6,10,15H,3-4,7,9H2,1H3. The Hall–Kier alpha value is -0.790. The van der Waals surface area contributed by atoms with Gasteiger partial charge in [0, 0.05) is 16.7 Å². The van der Waals surface area contributed by atoms with Gasteiger partial charge in [-0.3, -0.25) is 0 Å². The van der Waals surface area contributed by atoms with E-state index in [1.54, 1.807) is 11.8 Å². The largest absolute Gasteiger partial charge is 0.380 e. The molecule has 1 saturated heterocycles. The van der Waals surface area contributed by atoms with Crippen LogP contribution in [0.1, 0.15) is 18.4 Å². The second-order valence-electron chi connectivity index (χ2n) is 4.05. The van der Waals surface area contributed by atoms with Crippen LogP contribution < -0.4 is 5.32 Å². The first kappa shape index (κ1) is 12.7. The first-order valence-electron chi connectivity index (χ1n) is 5.76. The Balaban J connectivity index is 2.17. The highest BCUT2D eigenvalue weighted by Crippen LogP contribution is 2.28. The molecule has 17 heavy (non-hydrogen) atoms. The van der Waals surface area contributed by atoms with Crippen LogP contribution in [0.2, 0.25) is 0 Å². The molecule has 0 spiro atoms. The predicted molar refractivity (Wildman–Crippen MR) is 76.9 cm³/mol. The zero-order chi connectivity index (χ0) is 12.1. The third kappa shape index (κ3) is 3.11. The minimum Gasteiger partial charge on any atom is -0.380 e. The van der Waals surface area contributed by atoms with Crippen molar-refractivity contribution in [2.24, 2.45) is 0 Å². The van der Waals surface area contributed by atoms with Crippen molar-refractivity contribution in [2.75, 3.05) is 23.1 Å². The average Bonchev–Trinajstić information content (AvgIpc) is 2.39. The van der Waals surface area contributed by atoms with Gasteiger partial charge in [0.05, 0.1) is 11.3 Å². The maximum atomic E-state index is 9.25. The average molecular weight is 264 g/mol. The lowest BCUT2D eigenvalue weighted by atomic mass is 10.1. The van der Waals surface area contributed by atoms with E-state index in [1.807, 2.05) is 36.2 Å². The maximum absolute atomic E-state index is 9.25. The van der Waals surface area contributed by atoms with E-state index in [0.717, 1.165) is 21.9 Å². The Morgan fingerprint density at radius 1 is 1.53 bits per heavy atom. The summed E-state index contributed by atoms with van der Waals surface area (Å²) in [6.45, 7) is 0. The van der Waals surface area contributed by atoms with Gasteiger partial charge in [-0.15, -0.1) is 11.8 Å². The molecule has 0 aliphatic carbocycles. The molecule has 1 N–H and O–H groups in total. The number of nitrogens with zero attached hydrogens (tertiary/aromatic N) is 1. The zero-order valence-electron chi connectivity index (χ0n) is 9.90. The zero-order valence-corrected chi connectivity index (χ0v) is 11.5. The number of nitriles is 1. The van der Waals surface area contributed by atoms with Gasteiger partial charge in [0.1, 0.15) is 6.07 Å². The number of anilines is 1. The molecule has 2 rings (SSSR count). The van der Waals surface area contributed by atoms with Crippen LogP contribution in [0.3, 0.4) is 0 Å². The summed E-state index contributed by atoms with van der Waals surface area (Å²) in [5.41, 5.74) is 1.78. The van der Waals surface area contributed by atoms with Gasteiger partial charge in [-0.2, -0.15) is 17.0 Å². The highest BCUT2D eigenvalue weighted by atomic mass is 32.2. The Kier molecular flexibility index (Phi) is 4.64. The summed E-state index contributed by atoms with van der Waals surface area (Å²) < 4.78 is 0. The lowest BCUT2D eigenvalue weighted by Crippen LogP contribution is -2.26. The van der Waals surface area contributed by atoms with Crippen LogP contribution in [-0.2, 0) is 0 Å². The summed E-state index contributed by atoms with van der Waals surface area (Å²) in [6.07, 6.45) is 4.49. The van der Waals surface area contributed by atoms with Crippen LogP contribution >= 0.6 is 23.5 Å². The van der Waals surface area contributed by atoms with Gasteiger partial charge in [0.2, 0.25) is 0 Å². The van der Waals surface area contributed by atoms with Crippen LogP contribution in [0.15, 0.2) is 23.1 Å². The van der Waals surface area contributed by atoms with E-state index >= 15 is 0 Å². The second kappa shape index (κ2) is 6.23. The van der Waals surface area contributed by atoms with Crippen LogP contribution in [0.5, 0.6) is 0 Å². The molecule has 0 bridgehead atoms. The summed E-state index contributed by atoms with van der Waals surface area (Å²) in [5.74, 6) is 2.42. The van der Waals surface area contributed by atoms with Gasteiger partial charge < -0.3 is 5.32 Å². The van der Waals surface area contributed by atoms with Gasteiger partial charge in [0.25, 0.3) is 0 Å². The van der Waals surface area contributed by atoms with Crippen molar-refractivity contribution in [3.05, 3.63) is 23.8 Å². The highest BCUT2D eigenvalue weighted by Gasteiger charge is 2.15. The predicted octanol–water partition coefficient (Wildman–Crippen LogP) is 3.59. The Morgan fingerprint density at radius 2 is 2.41 bits per heavy atom. The van der Waals surface area contributed by atoms with Crippen molar-refractivity contribution in [1.29, 1.82) is 5.26 Å². The fourth-order valence-corrected chi connectivity index (χ4v) is 3.66. The number of hydrogen-bond acceptors (Lipinski definition) is 4. The van der Waals surface area contributed by atoms with Gasteiger partial charge in [-0.05, 0) is 37.0 Å². The number of hydrogen-bond donors (Lipinski definition) is 1. The summed E-state index contributed by atoms with van der Waals surface area (Å²) in [4.78, 5) is 1.06. The van der Waals surface area contributed by atoms with Crippen LogP contribution in [0.25, 0.3) is 0 Å². The molecule has 1 aromatic rings. The minimum absolute atomic E-state index is 0.512. The number of benzene rings is 1. The molecular formula is C13H16N2S2. The third-order valence-electron chi connectivity index (χ3n) is 2.88. The molecule has 1 aliphatic heterocycles. The van der Waals surface area contributed by atoms with Gasteiger partial charge in [-0.25, -0.2) is 0 Å². The van der Waals surface area contributed by atoms with Gasteiger partial charge in [0.15, 0.2) is 0 Å². The number of rotatable bonds is 3. The molecule has 1 heterocycles. The van der Waals surface area contributed by atoms with E-state index in [9.17, 15) is 5.26 Å². The van der Waals surface area contributed by atoms with Crippen LogP contribution in [0.4, 0.5) is 5.69 Å². The molecule has 0 radical (unpaired) electrons. The minimum atomic E-state index is 0.512. The smallest absolute Gasteiger partial charge is 0.102 e. The summed E-state index contributed by atoms with van der Waals surface area (Å²) in [7, 11) is 0. The maximum Gasteiger partial charge on any atom is 0.102 e. The lowest BCUT2D eigenvalue weighted by molar-refractivity contribution is 0.685. The normalized spacial score (nSPS) is 19.6. The van der Waals surface area contributed by atoms with E-state index in [1.165, 1.54) is 18.6 Å². The Morgan fingerprint density at radius 3 is 3.06 bits per heavy atom. The first-order valence-corrected chi connectivity index (χ1v) is 8.14. The fourth-order valence-electron chi connectivity index (χ4n) is 2.01. The van der Waals surface area contributed by atoms with Crippen molar-refractivity contribution in [3.8, 4) is 6.07 Å². The topological polar surface area (TPSA) is 35.8 Å². The van der Waals surface area contributed by atoms with E-state index in [2.05, 4.69) is 11.4 Å². The molecule has 1 aliphatic rings. The summed E-state index contributed by atoms with van der Waals surface area (Å²) in [6, 6.07) is 8.86. The quantitative estimate of drug-likeness (QED) is 0.846. The molecular weight excluding hydrogens is 248 g/mol. The van der Waals surface area contributed by atoms with Crippen LogP contribution in [0, 0.1) is 11.3 Å². The number of nitrogens with one attached hydrogen (secondary N) is 1. The molecule has 0 amide bonds. The summed E-state index contributed by atoms with van der Waals surface area (Å²) in [5, 5.41) is 12.8. The molecule has 1 atom stereocenters. The van der Waals surface area contributed by atoms with E-state index in [-0.39, 0.29) is 0 Å². The second-order valence-corrected chi connectivity index (χ2v) is 6.05. The first-order chi connectivity index (χ1) is 8.35. The molecule has 0 saturated carbocycles. The van der Waals surface area contributed by atoms with Crippen LogP contribution in [-0.4, -0.2) is 23.8 Å². The molecule has 0 aromatic heterocycles.